The van der Waals surface area contributed by atoms with Crippen LogP contribution >= 0.6 is 31.9 Å². The lowest BCUT2D eigenvalue weighted by Crippen LogP contribution is -2.20. The molecule has 0 radical (unpaired) electrons. The lowest BCUT2D eigenvalue weighted by molar-refractivity contribution is 0.546. The summed E-state index contributed by atoms with van der Waals surface area (Å²) in [6.07, 6.45) is 0.940. The highest BCUT2D eigenvalue weighted by Crippen LogP contribution is 2.23. The largest absolute Gasteiger partial charge is 0.305 e. The van der Waals surface area contributed by atoms with Gasteiger partial charge in [-0.05, 0) is 47.0 Å². The van der Waals surface area contributed by atoms with E-state index in [9.17, 15) is 0 Å². The summed E-state index contributed by atoms with van der Waals surface area (Å²) in [5.74, 6) is 0. The number of nitrogens with one attached hydrogen (secondary N) is 1. The minimum atomic E-state index is 0.291. The van der Waals surface area contributed by atoms with E-state index in [1.54, 1.807) is 0 Å². The third-order valence-corrected chi connectivity index (χ3v) is 4.84. The van der Waals surface area contributed by atoms with Crippen LogP contribution in [0.4, 0.5) is 0 Å². The third-order valence-electron chi connectivity index (χ3n) is 3.43. The Labute approximate surface area is 137 Å². The van der Waals surface area contributed by atoms with Crippen LogP contribution in [-0.2, 0) is 20.0 Å². The average Bonchev–Trinajstić information content (AvgIpc) is 2.71. The first-order chi connectivity index (χ1) is 9.52. The molecule has 2 rings (SSSR count). The summed E-state index contributed by atoms with van der Waals surface area (Å²) < 4.78 is 4.18. The molecule has 1 N–H and O–H groups in total. The molecule has 1 aromatic heterocycles. The van der Waals surface area contributed by atoms with Crippen molar-refractivity contribution in [3.8, 4) is 0 Å². The molecule has 2 aromatic rings. The molecule has 0 aliphatic rings. The minimum absolute atomic E-state index is 0.291. The van der Waals surface area contributed by atoms with Gasteiger partial charge in [-0.1, -0.05) is 35.0 Å². The van der Waals surface area contributed by atoms with Crippen LogP contribution in [0.25, 0.3) is 0 Å². The minimum Gasteiger partial charge on any atom is -0.305 e. The summed E-state index contributed by atoms with van der Waals surface area (Å²) in [5.41, 5.74) is 3.57. The number of benzene rings is 1. The zero-order chi connectivity index (χ0) is 14.7. The fraction of sp³-hybridized carbons (Fsp3) is 0.400. The first kappa shape index (κ1) is 15.7. The van der Waals surface area contributed by atoms with Gasteiger partial charge in [0.15, 0.2) is 0 Å². The van der Waals surface area contributed by atoms with Gasteiger partial charge in [-0.3, -0.25) is 4.68 Å². The Bertz CT molecular complexity index is 593. The first-order valence-electron chi connectivity index (χ1n) is 6.72. The zero-order valence-electron chi connectivity index (χ0n) is 12.0. The topological polar surface area (TPSA) is 29.9 Å². The summed E-state index contributed by atoms with van der Waals surface area (Å²) in [6, 6.07) is 8.68. The Balaban J connectivity index is 2.07. The predicted octanol–water partition coefficient (Wildman–Crippen LogP) is 4.36. The molecule has 1 atom stereocenters. The quantitative estimate of drug-likeness (QED) is 0.807. The van der Waals surface area contributed by atoms with Crippen molar-refractivity contribution < 1.29 is 0 Å². The number of hydrogen-bond donors (Lipinski definition) is 1. The van der Waals surface area contributed by atoms with E-state index in [1.165, 1.54) is 11.3 Å². The lowest BCUT2D eigenvalue weighted by atomic mass is 10.1. The molecule has 3 nitrogen and oxygen atoms in total. The Morgan fingerprint density at radius 2 is 2.10 bits per heavy atom. The van der Waals surface area contributed by atoms with Gasteiger partial charge in [-0.25, -0.2) is 0 Å². The van der Waals surface area contributed by atoms with Gasteiger partial charge < -0.3 is 5.32 Å². The molecule has 0 saturated heterocycles. The monoisotopic (exact) mass is 399 g/mol. The maximum Gasteiger partial charge on any atom is 0.0767 e. The Morgan fingerprint density at radius 1 is 1.35 bits per heavy atom. The number of rotatable bonds is 5. The van der Waals surface area contributed by atoms with E-state index in [0.717, 1.165) is 27.6 Å². The fourth-order valence-corrected chi connectivity index (χ4v) is 3.33. The van der Waals surface area contributed by atoms with Gasteiger partial charge in [0, 0.05) is 24.1 Å². The smallest absolute Gasteiger partial charge is 0.0767 e. The van der Waals surface area contributed by atoms with Crippen molar-refractivity contribution in [2.45, 2.75) is 32.9 Å². The van der Waals surface area contributed by atoms with E-state index in [4.69, 9.17) is 0 Å². The van der Waals surface area contributed by atoms with Crippen LogP contribution in [-0.4, -0.2) is 9.78 Å². The molecule has 0 aliphatic carbocycles. The van der Waals surface area contributed by atoms with Gasteiger partial charge in [0.2, 0.25) is 0 Å². The molecule has 20 heavy (non-hydrogen) atoms. The molecule has 0 spiro atoms. The lowest BCUT2D eigenvalue weighted by Gasteiger charge is -2.15. The maximum atomic E-state index is 4.52. The summed E-state index contributed by atoms with van der Waals surface area (Å²) in [7, 11) is 1.99. The average molecular weight is 401 g/mol. The van der Waals surface area contributed by atoms with Gasteiger partial charge in [-0.15, -0.1) is 0 Å². The molecule has 0 amide bonds. The highest BCUT2D eigenvalue weighted by atomic mass is 79.9. The Morgan fingerprint density at radius 3 is 2.70 bits per heavy atom. The van der Waals surface area contributed by atoms with Gasteiger partial charge in [0.1, 0.15) is 0 Å². The second kappa shape index (κ2) is 6.87. The van der Waals surface area contributed by atoms with E-state index in [-0.39, 0.29) is 0 Å². The number of hydrogen-bond acceptors (Lipinski definition) is 2. The highest BCUT2D eigenvalue weighted by molar-refractivity contribution is 9.10. The molecule has 1 aromatic carbocycles. The van der Waals surface area contributed by atoms with Crippen LogP contribution in [0.3, 0.4) is 0 Å². The van der Waals surface area contributed by atoms with Crippen molar-refractivity contribution in [3.63, 3.8) is 0 Å². The Hall–Kier alpha value is -0.650. The first-order valence-corrected chi connectivity index (χ1v) is 8.30. The molecule has 5 heteroatoms. The summed E-state index contributed by atoms with van der Waals surface area (Å²) in [5, 5.41) is 8.07. The van der Waals surface area contributed by atoms with Crippen LogP contribution in [0.1, 0.15) is 36.8 Å². The van der Waals surface area contributed by atoms with Gasteiger partial charge >= 0.3 is 0 Å². The molecule has 1 heterocycles. The molecule has 0 saturated carbocycles. The molecule has 0 fully saturated rings. The van der Waals surface area contributed by atoms with Crippen LogP contribution in [0, 0.1) is 0 Å². The highest BCUT2D eigenvalue weighted by Gasteiger charge is 2.13. The summed E-state index contributed by atoms with van der Waals surface area (Å²) >= 11 is 7.16. The summed E-state index contributed by atoms with van der Waals surface area (Å²) in [6.45, 7) is 5.08. The third kappa shape index (κ3) is 3.51. The molecule has 0 unspecified atom stereocenters. The van der Waals surface area contributed by atoms with Crippen molar-refractivity contribution in [2.24, 2.45) is 7.05 Å². The van der Waals surface area contributed by atoms with Crippen molar-refractivity contribution in [1.29, 1.82) is 0 Å². The second-order valence-corrected chi connectivity index (χ2v) is 6.55. The fourth-order valence-electron chi connectivity index (χ4n) is 2.16. The van der Waals surface area contributed by atoms with Crippen molar-refractivity contribution in [2.75, 3.05) is 0 Å². The standard InChI is InChI=1S/C15H19Br2N3/c1-4-13-15(17)14(20(3)19-13)9-18-10(2)11-6-5-7-12(16)8-11/h5-8,10,18H,4,9H2,1-3H3/t10-/m0/s1. The normalized spacial score (nSPS) is 12.7. The maximum absolute atomic E-state index is 4.52. The van der Waals surface area contributed by atoms with Crippen LogP contribution in [0.15, 0.2) is 33.2 Å². The predicted molar refractivity (Wildman–Crippen MR) is 89.7 cm³/mol. The zero-order valence-corrected chi connectivity index (χ0v) is 15.1. The van der Waals surface area contributed by atoms with Crippen molar-refractivity contribution in [1.82, 2.24) is 15.1 Å². The SMILES string of the molecule is CCc1nn(C)c(CN[C@@H](C)c2cccc(Br)c2)c1Br. The molecular weight excluding hydrogens is 382 g/mol. The van der Waals surface area contributed by atoms with Crippen LogP contribution in [0.2, 0.25) is 0 Å². The van der Waals surface area contributed by atoms with Gasteiger partial charge in [0.05, 0.1) is 15.9 Å². The second-order valence-electron chi connectivity index (χ2n) is 4.84. The van der Waals surface area contributed by atoms with Crippen LogP contribution < -0.4 is 5.32 Å². The number of aryl methyl sites for hydroxylation is 2. The van der Waals surface area contributed by atoms with Gasteiger partial charge in [-0.2, -0.15) is 5.10 Å². The molecule has 108 valence electrons. The van der Waals surface area contributed by atoms with E-state index in [1.807, 2.05) is 17.8 Å². The van der Waals surface area contributed by atoms with Crippen molar-refractivity contribution >= 4 is 31.9 Å². The Kier molecular flexibility index (Phi) is 5.41. The molecule has 0 bridgehead atoms. The molecule has 0 aliphatic heterocycles. The van der Waals surface area contributed by atoms with Gasteiger partial charge in [0.25, 0.3) is 0 Å². The van der Waals surface area contributed by atoms with E-state index >= 15 is 0 Å². The van der Waals surface area contributed by atoms with E-state index in [2.05, 4.69) is 74.3 Å². The summed E-state index contributed by atoms with van der Waals surface area (Å²) in [4.78, 5) is 0. The van der Waals surface area contributed by atoms with Crippen LogP contribution in [0.5, 0.6) is 0 Å². The van der Waals surface area contributed by atoms with E-state index < -0.39 is 0 Å². The van der Waals surface area contributed by atoms with Crippen molar-refractivity contribution in [3.05, 3.63) is 50.2 Å². The number of halogens is 2. The number of nitrogens with zero attached hydrogens (tertiary/aromatic N) is 2. The van der Waals surface area contributed by atoms with E-state index in [0.29, 0.717) is 6.04 Å². The molecular formula is C15H19Br2N3. The number of aromatic nitrogens is 2.